The van der Waals surface area contributed by atoms with Gasteiger partial charge in [0.05, 0.1) is 12.3 Å². The smallest absolute Gasteiger partial charge is 0.309 e. The van der Waals surface area contributed by atoms with Crippen molar-refractivity contribution in [3.05, 3.63) is 24.8 Å². The van der Waals surface area contributed by atoms with Gasteiger partial charge in [-0.1, -0.05) is 173 Å². The molecular formula is C37H68O4. The predicted octanol–water partition coefficient (Wildman–Crippen LogP) is 11.9. The fourth-order valence-electron chi connectivity index (χ4n) is 5.53. The number of ether oxygens (including phenoxy) is 1. The topological polar surface area (TPSA) is 63.6 Å². The number of esters is 1. The molecule has 0 aromatic carbocycles. The van der Waals surface area contributed by atoms with E-state index in [0.717, 1.165) is 19.3 Å². The van der Waals surface area contributed by atoms with Gasteiger partial charge in [0.1, 0.15) is 6.61 Å². The number of rotatable bonds is 33. The first-order valence-corrected chi connectivity index (χ1v) is 17.8. The summed E-state index contributed by atoms with van der Waals surface area (Å²) < 4.78 is 5.04. The summed E-state index contributed by atoms with van der Waals surface area (Å²) in [5, 5.41) is 9.03. The molecular weight excluding hydrogens is 508 g/mol. The Bertz CT molecular complexity index is 612. The summed E-state index contributed by atoms with van der Waals surface area (Å²) in [5.41, 5.74) is 0. The minimum Gasteiger partial charge on any atom is -0.481 e. The highest BCUT2D eigenvalue weighted by Crippen LogP contribution is 2.18. The second kappa shape index (κ2) is 32.9. The maximum absolute atomic E-state index is 12.0. The minimum atomic E-state index is -0.943. The van der Waals surface area contributed by atoms with Gasteiger partial charge in [-0.25, -0.2) is 0 Å². The summed E-state index contributed by atoms with van der Waals surface area (Å²) in [4.78, 5) is 23.0. The Morgan fingerprint density at radius 1 is 0.610 bits per heavy atom. The number of allylic oxidation sites excluding steroid dienone is 2. The van der Waals surface area contributed by atoms with Crippen molar-refractivity contribution in [2.75, 3.05) is 6.61 Å². The van der Waals surface area contributed by atoms with Gasteiger partial charge < -0.3 is 9.84 Å². The molecule has 0 radical (unpaired) electrons. The first-order valence-electron chi connectivity index (χ1n) is 17.8. The molecule has 0 aromatic rings. The van der Waals surface area contributed by atoms with Gasteiger partial charge in [-0.05, 0) is 32.1 Å². The summed E-state index contributed by atoms with van der Waals surface area (Å²) in [6.07, 6.45) is 41.5. The van der Waals surface area contributed by atoms with Crippen LogP contribution >= 0.6 is 0 Å². The van der Waals surface area contributed by atoms with E-state index in [4.69, 9.17) is 9.84 Å². The van der Waals surface area contributed by atoms with Gasteiger partial charge in [0.15, 0.2) is 0 Å². The Balaban J connectivity index is 3.35. The van der Waals surface area contributed by atoms with E-state index in [1.165, 1.54) is 154 Å². The third-order valence-corrected chi connectivity index (χ3v) is 8.16. The summed E-state index contributed by atoms with van der Waals surface area (Å²) >= 11 is 0. The van der Waals surface area contributed by atoms with E-state index < -0.39 is 17.9 Å². The summed E-state index contributed by atoms with van der Waals surface area (Å²) in [5.74, 6) is -1.89. The number of unbranched alkanes of at least 4 members (excludes halogenated alkanes) is 24. The summed E-state index contributed by atoms with van der Waals surface area (Å²) in [6.45, 7) is 5.96. The molecule has 0 spiro atoms. The maximum atomic E-state index is 12.0. The quantitative estimate of drug-likeness (QED) is 0.0479. The number of carboxylic acids is 1. The van der Waals surface area contributed by atoms with Crippen LogP contribution in [0.3, 0.4) is 0 Å². The van der Waals surface area contributed by atoms with Crippen LogP contribution in [0, 0.1) is 5.92 Å². The van der Waals surface area contributed by atoms with Gasteiger partial charge >= 0.3 is 11.9 Å². The van der Waals surface area contributed by atoms with E-state index >= 15 is 0 Å². The van der Waals surface area contributed by atoms with Crippen LogP contribution in [0.15, 0.2) is 24.8 Å². The van der Waals surface area contributed by atoms with E-state index in [1.54, 1.807) is 0 Å². The Morgan fingerprint density at radius 2 is 0.976 bits per heavy atom. The lowest BCUT2D eigenvalue weighted by molar-refractivity contribution is -0.152. The van der Waals surface area contributed by atoms with Crippen molar-refractivity contribution in [2.45, 2.75) is 187 Å². The van der Waals surface area contributed by atoms with Gasteiger partial charge in [0.2, 0.25) is 0 Å². The highest BCUT2D eigenvalue weighted by molar-refractivity contribution is 5.79. The average Bonchev–Trinajstić information content (AvgIpc) is 2.96. The Labute approximate surface area is 255 Å². The van der Waals surface area contributed by atoms with Gasteiger partial charge in [-0.2, -0.15) is 0 Å². The second-order valence-electron chi connectivity index (χ2n) is 12.2. The zero-order chi connectivity index (χ0) is 30.1. The zero-order valence-corrected chi connectivity index (χ0v) is 27.2. The highest BCUT2D eigenvalue weighted by Gasteiger charge is 2.22. The normalized spacial score (nSPS) is 12.1. The van der Waals surface area contributed by atoms with Crippen LogP contribution in [0.5, 0.6) is 0 Å². The molecule has 4 nitrogen and oxygen atoms in total. The first kappa shape index (κ1) is 39.4. The standard InChI is InChI=1S/C37H68O4/c1-3-5-6-7-8-9-10-11-12-13-14-15-16-17-18-19-20-21-22-23-24-25-26-27-28-29-30-31-32-35(34-36(38)39)37(40)41-33-4-2/h4,19-20,35H,2-3,5-18,21-34H2,1H3,(H,38,39)/b20-19+. The molecule has 1 unspecified atom stereocenters. The van der Waals surface area contributed by atoms with Gasteiger partial charge in [-0.3, -0.25) is 9.59 Å². The molecule has 0 aromatic heterocycles. The molecule has 0 aliphatic carbocycles. The first-order chi connectivity index (χ1) is 20.1. The number of hydrogen-bond acceptors (Lipinski definition) is 3. The van der Waals surface area contributed by atoms with Crippen LogP contribution in [0.2, 0.25) is 0 Å². The van der Waals surface area contributed by atoms with Crippen molar-refractivity contribution >= 4 is 11.9 Å². The third kappa shape index (κ3) is 31.2. The molecule has 41 heavy (non-hydrogen) atoms. The average molecular weight is 577 g/mol. The highest BCUT2D eigenvalue weighted by atomic mass is 16.5. The van der Waals surface area contributed by atoms with E-state index in [1.807, 2.05) is 0 Å². The van der Waals surface area contributed by atoms with Crippen LogP contribution in [0.1, 0.15) is 187 Å². The van der Waals surface area contributed by atoms with Crippen LogP contribution in [-0.2, 0) is 14.3 Å². The van der Waals surface area contributed by atoms with Gasteiger partial charge in [-0.15, -0.1) is 0 Å². The maximum Gasteiger partial charge on any atom is 0.309 e. The van der Waals surface area contributed by atoms with Crippen molar-refractivity contribution in [1.82, 2.24) is 0 Å². The molecule has 1 N–H and O–H groups in total. The largest absolute Gasteiger partial charge is 0.481 e. The third-order valence-electron chi connectivity index (χ3n) is 8.16. The summed E-state index contributed by atoms with van der Waals surface area (Å²) in [7, 11) is 0. The molecule has 0 heterocycles. The molecule has 0 amide bonds. The molecule has 0 rings (SSSR count). The van der Waals surface area contributed by atoms with Gasteiger partial charge in [0.25, 0.3) is 0 Å². The molecule has 1 atom stereocenters. The SMILES string of the molecule is C=CCOC(=O)C(CCCCCCCCCCCC/C=C/CCCCCCCCCCCCCCCC)CC(=O)O. The zero-order valence-electron chi connectivity index (χ0n) is 27.2. The second-order valence-corrected chi connectivity index (χ2v) is 12.2. The van der Waals surface area contributed by atoms with Crippen molar-refractivity contribution in [3.63, 3.8) is 0 Å². The molecule has 0 aliphatic rings. The van der Waals surface area contributed by atoms with Gasteiger partial charge in [0, 0.05) is 0 Å². The molecule has 0 saturated heterocycles. The van der Waals surface area contributed by atoms with E-state index in [-0.39, 0.29) is 13.0 Å². The van der Waals surface area contributed by atoms with E-state index in [2.05, 4.69) is 25.7 Å². The van der Waals surface area contributed by atoms with Crippen LogP contribution < -0.4 is 0 Å². The van der Waals surface area contributed by atoms with Crippen LogP contribution in [0.4, 0.5) is 0 Å². The Kier molecular flexibility index (Phi) is 31.7. The predicted molar refractivity (Wildman–Crippen MR) is 176 cm³/mol. The lowest BCUT2D eigenvalue weighted by Crippen LogP contribution is -2.21. The Morgan fingerprint density at radius 3 is 1.34 bits per heavy atom. The molecule has 0 saturated carbocycles. The van der Waals surface area contributed by atoms with Crippen molar-refractivity contribution in [3.8, 4) is 0 Å². The lowest BCUT2D eigenvalue weighted by Gasteiger charge is -2.13. The molecule has 0 aliphatic heterocycles. The van der Waals surface area contributed by atoms with Crippen molar-refractivity contribution in [2.24, 2.45) is 5.92 Å². The molecule has 0 bridgehead atoms. The monoisotopic (exact) mass is 577 g/mol. The number of carbonyl (C=O) groups excluding carboxylic acids is 1. The lowest BCUT2D eigenvalue weighted by atomic mass is 9.97. The fraction of sp³-hybridized carbons (Fsp3) is 0.838. The number of carboxylic acid groups (broad SMARTS) is 1. The van der Waals surface area contributed by atoms with E-state index in [0.29, 0.717) is 6.42 Å². The van der Waals surface area contributed by atoms with Crippen LogP contribution in [-0.4, -0.2) is 23.7 Å². The number of carbonyl (C=O) groups is 2. The molecule has 4 heteroatoms. The summed E-state index contributed by atoms with van der Waals surface area (Å²) in [6, 6.07) is 0. The van der Waals surface area contributed by atoms with Crippen molar-refractivity contribution in [1.29, 1.82) is 0 Å². The number of hydrogen-bond donors (Lipinski definition) is 1. The van der Waals surface area contributed by atoms with Crippen LogP contribution in [0.25, 0.3) is 0 Å². The van der Waals surface area contributed by atoms with E-state index in [9.17, 15) is 9.59 Å². The minimum absolute atomic E-state index is 0.144. The molecule has 0 fully saturated rings. The number of aliphatic carboxylic acids is 1. The Hall–Kier alpha value is -1.58. The fourth-order valence-corrected chi connectivity index (χ4v) is 5.53. The molecule has 240 valence electrons. The van der Waals surface area contributed by atoms with Crippen molar-refractivity contribution < 1.29 is 19.4 Å².